The van der Waals surface area contributed by atoms with E-state index in [2.05, 4.69) is 20.5 Å². The first-order valence-corrected chi connectivity index (χ1v) is 5.49. The molecule has 2 amide bonds. The van der Waals surface area contributed by atoms with Crippen LogP contribution in [0.25, 0.3) is 0 Å². The van der Waals surface area contributed by atoms with Crippen molar-refractivity contribution in [1.29, 1.82) is 0 Å². The molecule has 1 rings (SSSR count). The van der Waals surface area contributed by atoms with Crippen molar-refractivity contribution < 1.29 is 24.6 Å². The molecule has 0 bridgehead atoms. The fourth-order valence-electron chi connectivity index (χ4n) is 1.18. The standard InChI is InChI=1S/C10H13N5O5/c1-4-5(2)14-15-9(11-4)13-10(20)12-6(8(18)19)3-7(16)17/h6H,3H2,1-2H3,(H,16,17)(H,18,19)(H2,11,12,13,15,20)/t6-/m0/s1. The number of hydrogen-bond acceptors (Lipinski definition) is 6. The first-order valence-electron chi connectivity index (χ1n) is 5.49. The molecule has 0 saturated heterocycles. The number of aryl methyl sites for hydroxylation is 2. The monoisotopic (exact) mass is 283 g/mol. The summed E-state index contributed by atoms with van der Waals surface area (Å²) in [5, 5.41) is 28.8. The molecular formula is C10H13N5O5. The number of hydrogen-bond donors (Lipinski definition) is 4. The smallest absolute Gasteiger partial charge is 0.326 e. The van der Waals surface area contributed by atoms with Gasteiger partial charge in [0.1, 0.15) is 6.04 Å². The van der Waals surface area contributed by atoms with Crippen LogP contribution >= 0.6 is 0 Å². The number of urea groups is 1. The molecule has 0 saturated carbocycles. The SMILES string of the molecule is Cc1nnc(NC(=O)N[C@@H](CC(=O)O)C(=O)O)nc1C. The minimum absolute atomic E-state index is 0.106. The maximum atomic E-state index is 11.5. The van der Waals surface area contributed by atoms with Gasteiger partial charge in [0.15, 0.2) is 0 Å². The lowest BCUT2D eigenvalue weighted by Gasteiger charge is -2.12. The average molecular weight is 283 g/mol. The minimum Gasteiger partial charge on any atom is -0.481 e. The molecule has 10 heteroatoms. The molecule has 0 unspecified atom stereocenters. The molecule has 10 nitrogen and oxygen atoms in total. The van der Waals surface area contributed by atoms with Crippen LogP contribution in [0.4, 0.5) is 10.7 Å². The quantitative estimate of drug-likeness (QED) is 0.565. The van der Waals surface area contributed by atoms with Gasteiger partial charge < -0.3 is 15.5 Å². The molecule has 20 heavy (non-hydrogen) atoms. The van der Waals surface area contributed by atoms with E-state index in [4.69, 9.17) is 10.2 Å². The third-order valence-corrected chi connectivity index (χ3v) is 2.30. The van der Waals surface area contributed by atoms with Gasteiger partial charge in [-0.1, -0.05) is 0 Å². The molecular weight excluding hydrogens is 270 g/mol. The Morgan fingerprint density at radius 1 is 1.15 bits per heavy atom. The van der Waals surface area contributed by atoms with Crippen molar-refractivity contribution in [2.75, 3.05) is 5.32 Å². The Labute approximate surface area is 113 Å². The van der Waals surface area contributed by atoms with Crippen molar-refractivity contribution in [2.24, 2.45) is 0 Å². The summed E-state index contributed by atoms with van der Waals surface area (Å²) in [5.74, 6) is -2.91. The first-order chi connectivity index (χ1) is 9.29. The normalized spacial score (nSPS) is 11.5. The summed E-state index contributed by atoms with van der Waals surface area (Å²) in [6.45, 7) is 3.35. The number of carbonyl (C=O) groups excluding carboxylic acids is 1. The molecule has 0 radical (unpaired) electrons. The molecule has 0 aliphatic heterocycles. The summed E-state index contributed by atoms with van der Waals surface area (Å²) in [6.07, 6.45) is -0.741. The second kappa shape index (κ2) is 6.41. The van der Waals surface area contributed by atoms with E-state index in [1.807, 2.05) is 5.32 Å². The number of amides is 2. The van der Waals surface area contributed by atoms with Gasteiger partial charge in [0.05, 0.1) is 17.8 Å². The highest BCUT2D eigenvalue weighted by atomic mass is 16.4. The van der Waals surface area contributed by atoms with E-state index in [1.54, 1.807) is 13.8 Å². The summed E-state index contributed by atoms with van der Waals surface area (Å²) in [5.41, 5.74) is 1.14. The third-order valence-electron chi connectivity index (χ3n) is 2.30. The van der Waals surface area contributed by atoms with E-state index >= 15 is 0 Å². The third kappa shape index (κ3) is 4.48. The Hall–Kier alpha value is -2.78. The Morgan fingerprint density at radius 2 is 1.80 bits per heavy atom. The number of carbonyl (C=O) groups is 3. The predicted molar refractivity (Wildman–Crippen MR) is 65.1 cm³/mol. The van der Waals surface area contributed by atoms with Gasteiger partial charge >= 0.3 is 18.0 Å². The zero-order chi connectivity index (χ0) is 15.3. The number of anilines is 1. The average Bonchev–Trinajstić information content (AvgIpc) is 2.32. The number of carboxylic acids is 2. The Morgan fingerprint density at radius 3 is 2.30 bits per heavy atom. The molecule has 1 heterocycles. The second-order valence-corrected chi connectivity index (χ2v) is 3.89. The number of nitrogens with zero attached hydrogens (tertiary/aromatic N) is 3. The van der Waals surface area contributed by atoms with E-state index in [0.717, 1.165) is 0 Å². The predicted octanol–water partition coefficient (Wildman–Crippen LogP) is -0.462. The Balaban J connectivity index is 2.67. The lowest BCUT2D eigenvalue weighted by molar-refractivity contribution is -0.145. The summed E-state index contributed by atoms with van der Waals surface area (Å²) >= 11 is 0. The van der Waals surface area contributed by atoms with Crippen molar-refractivity contribution in [3.05, 3.63) is 11.4 Å². The maximum absolute atomic E-state index is 11.5. The van der Waals surface area contributed by atoms with Crippen LogP contribution in [0.2, 0.25) is 0 Å². The largest absolute Gasteiger partial charge is 0.481 e. The molecule has 1 aromatic heterocycles. The highest BCUT2D eigenvalue weighted by Crippen LogP contribution is 2.02. The second-order valence-electron chi connectivity index (χ2n) is 3.89. The van der Waals surface area contributed by atoms with Crippen LogP contribution in [0.3, 0.4) is 0 Å². The van der Waals surface area contributed by atoms with Gasteiger partial charge in [-0.05, 0) is 13.8 Å². The van der Waals surface area contributed by atoms with Crippen molar-refractivity contribution in [3.8, 4) is 0 Å². The van der Waals surface area contributed by atoms with Crippen LogP contribution in [-0.2, 0) is 9.59 Å². The molecule has 0 fully saturated rings. The number of aromatic nitrogens is 3. The van der Waals surface area contributed by atoms with Gasteiger partial charge in [0, 0.05) is 0 Å². The molecule has 1 atom stereocenters. The van der Waals surface area contributed by atoms with Crippen molar-refractivity contribution in [1.82, 2.24) is 20.5 Å². The molecule has 0 spiro atoms. The van der Waals surface area contributed by atoms with E-state index in [9.17, 15) is 14.4 Å². The van der Waals surface area contributed by atoms with E-state index in [1.165, 1.54) is 0 Å². The number of aliphatic carboxylic acids is 2. The molecule has 0 aliphatic carbocycles. The van der Waals surface area contributed by atoms with Crippen molar-refractivity contribution in [2.45, 2.75) is 26.3 Å². The van der Waals surface area contributed by atoms with Gasteiger partial charge in [-0.15, -0.1) is 5.10 Å². The van der Waals surface area contributed by atoms with Gasteiger partial charge in [0.2, 0.25) is 0 Å². The summed E-state index contributed by atoms with van der Waals surface area (Å²) in [4.78, 5) is 36.7. The molecule has 4 N–H and O–H groups in total. The lowest BCUT2D eigenvalue weighted by Crippen LogP contribution is -2.44. The lowest BCUT2D eigenvalue weighted by atomic mass is 10.2. The molecule has 108 valence electrons. The highest BCUT2D eigenvalue weighted by molar-refractivity contribution is 5.92. The summed E-state index contributed by atoms with van der Waals surface area (Å²) < 4.78 is 0. The van der Waals surface area contributed by atoms with Gasteiger partial charge in [-0.3, -0.25) is 10.1 Å². The summed E-state index contributed by atoms with van der Waals surface area (Å²) in [7, 11) is 0. The topological polar surface area (TPSA) is 154 Å². The van der Waals surface area contributed by atoms with Crippen LogP contribution in [0.1, 0.15) is 17.8 Å². The maximum Gasteiger partial charge on any atom is 0.326 e. The zero-order valence-corrected chi connectivity index (χ0v) is 10.7. The van der Waals surface area contributed by atoms with E-state index < -0.39 is 30.4 Å². The number of rotatable bonds is 5. The van der Waals surface area contributed by atoms with Gasteiger partial charge in [0.25, 0.3) is 5.95 Å². The fraction of sp³-hybridized carbons (Fsp3) is 0.400. The Kier molecular flexibility index (Phi) is 4.89. The van der Waals surface area contributed by atoms with Crippen molar-refractivity contribution >= 4 is 23.9 Å². The molecule has 0 aromatic carbocycles. The number of carboxylic acid groups (broad SMARTS) is 2. The zero-order valence-electron chi connectivity index (χ0n) is 10.7. The molecule has 0 aliphatic rings. The van der Waals surface area contributed by atoms with Crippen LogP contribution in [0.15, 0.2) is 0 Å². The van der Waals surface area contributed by atoms with Gasteiger partial charge in [-0.25, -0.2) is 14.6 Å². The van der Waals surface area contributed by atoms with Crippen molar-refractivity contribution in [3.63, 3.8) is 0 Å². The van der Waals surface area contributed by atoms with Crippen LogP contribution < -0.4 is 10.6 Å². The van der Waals surface area contributed by atoms with E-state index in [-0.39, 0.29) is 5.95 Å². The van der Waals surface area contributed by atoms with Crippen LogP contribution in [0, 0.1) is 13.8 Å². The Bertz CT molecular complexity index is 547. The molecule has 1 aromatic rings. The first kappa shape index (κ1) is 15.3. The van der Waals surface area contributed by atoms with E-state index in [0.29, 0.717) is 11.4 Å². The minimum atomic E-state index is -1.55. The van der Waals surface area contributed by atoms with Crippen LogP contribution in [-0.4, -0.2) is 49.4 Å². The van der Waals surface area contributed by atoms with Crippen LogP contribution in [0.5, 0.6) is 0 Å². The van der Waals surface area contributed by atoms with Gasteiger partial charge in [-0.2, -0.15) is 5.10 Å². The highest BCUT2D eigenvalue weighted by Gasteiger charge is 2.23. The number of nitrogens with one attached hydrogen (secondary N) is 2. The fourth-order valence-corrected chi connectivity index (χ4v) is 1.18. The summed E-state index contributed by atoms with van der Waals surface area (Å²) in [6, 6.07) is -2.48.